The molecule has 1 aliphatic carbocycles. The Morgan fingerprint density at radius 3 is 2.86 bits per heavy atom. The van der Waals surface area contributed by atoms with Crippen molar-refractivity contribution in [3.05, 3.63) is 30.1 Å². The minimum absolute atomic E-state index is 0.0164. The van der Waals surface area contributed by atoms with E-state index in [9.17, 15) is 9.18 Å². The number of para-hydroxylation sites is 1. The van der Waals surface area contributed by atoms with Crippen molar-refractivity contribution in [1.29, 1.82) is 0 Å². The van der Waals surface area contributed by atoms with Gasteiger partial charge in [-0.15, -0.1) is 0 Å². The summed E-state index contributed by atoms with van der Waals surface area (Å²) in [6.07, 6.45) is 3.71. The maximum absolute atomic E-state index is 13.4. The Balaban J connectivity index is 1.74. The topological polar surface area (TPSA) is 38.3 Å². The molecule has 21 heavy (non-hydrogen) atoms. The number of nitrogens with one attached hydrogen (secondary N) is 1. The van der Waals surface area contributed by atoms with Gasteiger partial charge < -0.3 is 10.1 Å². The van der Waals surface area contributed by atoms with E-state index in [2.05, 4.69) is 19.2 Å². The first-order valence-corrected chi connectivity index (χ1v) is 7.74. The first kappa shape index (κ1) is 15.8. The number of hydrogen-bond donors (Lipinski definition) is 1. The Morgan fingerprint density at radius 1 is 1.33 bits per heavy atom. The van der Waals surface area contributed by atoms with Crippen molar-refractivity contribution < 1.29 is 13.9 Å². The summed E-state index contributed by atoms with van der Waals surface area (Å²) < 4.78 is 18.7. The number of halogens is 1. The second kappa shape index (κ2) is 7.43. The van der Waals surface area contributed by atoms with Gasteiger partial charge >= 0.3 is 0 Å². The summed E-state index contributed by atoms with van der Waals surface area (Å²) in [5, 5.41) is 3.09. The van der Waals surface area contributed by atoms with E-state index in [1.54, 1.807) is 18.2 Å². The number of carbonyl (C=O) groups excluding carboxylic acids is 1. The van der Waals surface area contributed by atoms with Crippen LogP contribution in [0.5, 0.6) is 5.75 Å². The highest BCUT2D eigenvalue weighted by atomic mass is 19.1. The van der Waals surface area contributed by atoms with Gasteiger partial charge in [-0.3, -0.25) is 4.79 Å². The van der Waals surface area contributed by atoms with Gasteiger partial charge in [0.1, 0.15) is 0 Å². The van der Waals surface area contributed by atoms with Gasteiger partial charge in [-0.1, -0.05) is 38.8 Å². The van der Waals surface area contributed by atoms with Crippen molar-refractivity contribution in [3.8, 4) is 5.75 Å². The second-order valence-electron chi connectivity index (χ2n) is 5.97. The lowest BCUT2D eigenvalue weighted by Gasteiger charge is -2.34. The van der Waals surface area contributed by atoms with E-state index in [-0.39, 0.29) is 30.7 Å². The van der Waals surface area contributed by atoms with Crippen molar-refractivity contribution in [3.63, 3.8) is 0 Å². The van der Waals surface area contributed by atoms with E-state index in [1.807, 2.05) is 0 Å². The van der Waals surface area contributed by atoms with Gasteiger partial charge in [0.05, 0.1) is 13.0 Å². The van der Waals surface area contributed by atoms with Crippen molar-refractivity contribution in [1.82, 2.24) is 5.32 Å². The smallest absolute Gasteiger partial charge is 0.223 e. The van der Waals surface area contributed by atoms with Crippen LogP contribution in [0.15, 0.2) is 24.3 Å². The molecule has 0 radical (unpaired) electrons. The lowest BCUT2D eigenvalue weighted by molar-refractivity contribution is -0.123. The molecule has 0 aromatic heterocycles. The highest BCUT2D eigenvalue weighted by Crippen LogP contribution is 2.29. The minimum Gasteiger partial charge on any atom is -0.490 e. The summed E-state index contributed by atoms with van der Waals surface area (Å²) in [5.74, 6) is 0.948. The molecule has 1 fully saturated rings. The number of ether oxygens (including phenoxy) is 1. The molecule has 0 aliphatic heterocycles. The van der Waals surface area contributed by atoms with E-state index in [0.717, 1.165) is 6.42 Å². The molecular formula is C17H24FNO2. The fraction of sp³-hybridized carbons (Fsp3) is 0.588. The maximum Gasteiger partial charge on any atom is 0.223 e. The lowest BCUT2D eigenvalue weighted by Crippen LogP contribution is -2.44. The van der Waals surface area contributed by atoms with Gasteiger partial charge in [0.2, 0.25) is 5.91 Å². The standard InChI is InChI=1S/C17H24FNO2/c1-12-6-5-8-15(13(12)2)19-17(20)10-11-21-16-9-4-3-7-14(16)18/h3-4,7,9,12-13,15H,5-6,8,10-11H2,1-2H3,(H,19,20). The van der Waals surface area contributed by atoms with E-state index in [0.29, 0.717) is 11.8 Å². The first-order valence-electron chi connectivity index (χ1n) is 7.74. The SMILES string of the molecule is CC1CCCC(NC(=O)CCOc2ccccc2F)C1C. The van der Waals surface area contributed by atoms with Crippen LogP contribution >= 0.6 is 0 Å². The summed E-state index contributed by atoms with van der Waals surface area (Å²) in [7, 11) is 0. The highest BCUT2D eigenvalue weighted by Gasteiger charge is 2.27. The number of benzene rings is 1. The number of amides is 1. The zero-order chi connectivity index (χ0) is 15.2. The molecule has 116 valence electrons. The van der Waals surface area contributed by atoms with Crippen LogP contribution in [0.3, 0.4) is 0 Å². The molecule has 0 heterocycles. The van der Waals surface area contributed by atoms with Gasteiger partial charge in [0.25, 0.3) is 0 Å². The largest absolute Gasteiger partial charge is 0.490 e. The zero-order valence-electron chi connectivity index (χ0n) is 12.8. The summed E-state index contributed by atoms with van der Waals surface area (Å²) >= 11 is 0. The summed E-state index contributed by atoms with van der Waals surface area (Å²) in [4.78, 5) is 12.0. The van der Waals surface area contributed by atoms with Crippen molar-refractivity contribution in [2.45, 2.75) is 45.6 Å². The van der Waals surface area contributed by atoms with Crippen LogP contribution in [-0.2, 0) is 4.79 Å². The Labute approximate surface area is 125 Å². The Kier molecular flexibility index (Phi) is 5.59. The molecule has 1 aliphatic rings. The van der Waals surface area contributed by atoms with Crippen LogP contribution in [0.4, 0.5) is 4.39 Å². The molecule has 1 aromatic rings. The fourth-order valence-corrected chi connectivity index (χ4v) is 2.88. The third-order valence-electron chi connectivity index (χ3n) is 4.48. The number of hydrogen-bond acceptors (Lipinski definition) is 2. The quantitative estimate of drug-likeness (QED) is 0.902. The van der Waals surface area contributed by atoms with E-state index >= 15 is 0 Å². The van der Waals surface area contributed by atoms with Crippen molar-refractivity contribution in [2.75, 3.05) is 6.61 Å². The zero-order valence-corrected chi connectivity index (χ0v) is 12.8. The summed E-state index contributed by atoms with van der Waals surface area (Å²) in [6, 6.07) is 6.50. The Bertz CT molecular complexity index is 478. The van der Waals surface area contributed by atoms with Crippen molar-refractivity contribution in [2.24, 2.45) is 11.8 Å². The average molecular weight is 293 g/mol. The predicted molar refractivity (Wildman–Crippen MR) is 80.6 cm³/mol. The van der Waals surface area contributed by atoms with Gasteiger partial charge in [-0.05, 0) is 30.4 Å². The van der Waals surface area contributed by atoms with Gasteiger partial charge in [0.15, 0.2) is 11.6 Å². The average Bonchev–Trinajstić information content (AvgIpc) is 2.46. The maximum atomic E-state index is 13.4. The Morgan fingerprint density at radius 2 is 2.10 bits per heavy atom. The number of rotatable bonds is 5. The van der Waals surface area contributed by atoms with Crippen LogP contribution < -0.4 is 10.1 Å². The molecule has 2 rings (SSSR count). The molecule has 1 saturated carbocycles. The molecule has 3 nitrogen and oxygen atoms in total. The van der Waals surface area contributed by atoms with E-state index in [4.69, 9.17) is 4.74 Å². The molecule has 3 unspecified atom stereocenters. The van der Waals surface area contributed by atoms with Crippen LogP contribution in [0.25, 0.3) is 0 Å². The molecule has 0 spiro atoms. The molecule has 3 atom stereocenters. The molecule has 4 heteroatoms. The highest BCUT2D eigenvalue weighted by molar-refractivity contribution is 5.76. The summed E-state index contributed by atoms with van der Waals surface area (Å²) in [6.45, 7) is 4.64. The molecule has 1 aromatic carbocycles. The van der Waals surface area contributed by atoms with Crippen molar-refractivity contribution >= 4 is 5.91 Å². The van der Waals surface area contributed by atoms with Crippen LogP contribution in [0, 0.1) is 17.7 Å². The van der Waals surface area contributed by atoms with E-state index in [1.165, 1.54) is 18.9 Å². The van der Waals surface area contributed by atoms with Crippen LogP contribution in [-0.4, -0.2) is 18.6 Å². The second-order valence-corrected chi connectivity index (χ2v) is 5.97. The molecule has 0 bridgehead atoms. The third kappa shape index (κ3) is 4.45. The molecule has 1 amide bonds. The fourth-order valence-electron chi connectivity index (χ4n) is 2.88. The van der Waals surface area contributed by atoms with Gasteiger partial charge in [0, 0.05) is 6.04 Å². The lowest BCUT2D eigenvalue weighted by atomic mass is 9.78. The van der Waals surface area contributed by atoms with Crippen LogP contribution in [0.2, 0.25) is 0 Å². The third-order valence-corrected chi connectivity index (χ3v) is 4.48. The van der Waals surface area contributed by atoms with Gasteiger partial charge in [-0.25, -0.2) is 4.39 Å². The van der Waals surface area contributed by atoms with Crippen LogP contribution in [0.1, 0.15) is 39.5 Å². The summed E-state index contributed by atoms with van der Waals surface area (Å²) in [5.41, 5.74) is 0. The normalized spacial score (nSPS) is 25.4. The predicted octanol–water partition coefficient (Wildman–Crippen LogP) is 3.54. The minimum atomic E-state index is -0.396. The first-order chi connectivity index (χ1) is 10.1. The monoisotopic (exact) mass is 293 g/mol. The number of carbonyl (C=O) groups is 1. The van der Waals surface area contributed by atoms with Gasteiger partial charge in [-0.2, -0.15) is 0 Å². The molecular weight excluding hydrogens is 269 g/mol. The molecule has 1 N–H and O–H groups in total. The van der Waals surface area contributed by atoms with E-state index < -0.39 is 5.82 Å². The molecule has 0 saturated heterocycles. The Hall–Kier alpha value is -1.58.